The minimum atomic E-state index is -0.623. The van der Waals surface area contributed by atoms with Crippen molar-refractivity contribution in [3.8, 4) is 11.6 Å². The molecule has 12 heteroatoms. The van der Waals surface area contributed by atoms with Crippen molar-refractivity contribution < 1.29 is 14.1 Å². The average molecular weight is 444 g/mol. The van der Waals surface area contributed by atoms with Crippen molar-refractivity contribution in [3.05, 3.63) is 74.6 Å². The predicted molar refractivity (Wildman–Crippen MR) is 110 cm³/mol. The van der Waals surface area contributed by atoms with Gasteiger partial charge in [0.15, 0.2) is 11.6 Å². The van der Waals surface area contributed by atoms with Crippen LogP contribution in [0.4, 0.5) is 16.0 Å². The molecule has 0 saturated carbocycles. The normalized spacial score (nSPS) is 11.0. The Morgan fingerprint density at radius 2 is 2.06 bits per heavy atom. The van der Waals surface area contributed by atoms with Crippen molar-refractivity contribution in [1.82, 2.24) is 24.6 Å². The number of aromatic nitrogens is 5. The molecule has 0 bridgehead atoms. The fourth-order valence-corrected chi connectivity index (χ4v) is 3.03. The Labute approximate surface area is 179 Å². The first kappa shape index (κ1) is 20.4. The summed E-state index contributed by atoms with van der Waals surface area (Å²) < 4.78 is 21.1. The zero-order valence-electron chi connectivity index (χ0n) is 16.3. The summed E-state index contributed by atoms with van der Waals surface area (Å²) in [6.07, 6.45) is 1.08. The van der Waals surface area contributed by atoms with Gasteiger partial charge in [0.1, 0.15) is 22.9 Å². The maximum Gasteiger partial charge on any atom is 0.368 e. The van der Waals surface area contributed by atoms with Gasteiger partial charge in [-0.05, 0) is 41.6 Å². The third-order valence-electron chi connectivity index (χ3n) is 4.31. The molecule has 158 valence electrons. The highest BCUT2D eigenvalue weighted by Gasteiger charge is 2.17. The Balaban J connectivity index is 1.51. The van der Waals surface area contributed by atoms with Crippen molar-refractivity contribution in [2.45, 2.75) is 20.4 Å². The number of aryl methyl sites for hydroxylation is 2. The number of halogens is 2. The van der Waals surface area contributed by atoms with Crippen molar-refractivity contribution in [2.24, 2.45) is 0 Å². The smallest absolute Gasteiger partial charge is 0.368 e. The monoisotopic (exact) mass is 443 g/mol. The molecule has 3 aromatic heterocycles. The molecule has 0 atom stereocenters. The first-order chi connectivity index (χ1) is 14.8. The van der Waals surface area contributed by atoms with Gasteiger partial charge in [0, 0.05) is 18.7 Å². The molecule has 1 N–H and O–H groups in total. The lowest BCUT2D eigenvalue weighted by atomic mass is 10.2. The van der Waals surface area contributed by atoms with E-state index in [0.717, 1.165) is 10.7 Å². The molecule has 0 aliphatic rings. The van der Waals surface area contributed by atoms with Crippen molar-refractivity contribution in [1.29, 1.82) is 0 Å². The van der Waals surface area contributed by atoms with Gasteiger partial charge in [-0.3, -0.25) is 0 Å². The largest absolute Gasteiger partial charge is 0.433 e. The Bertz CT molecular complexity index is 1310. The number of anilines is 1. The third kappa shape index (κ3) is 4.21. The minimum Gasteiger partial charge on any atom is -0.433 e. The van der Waals surface area contributed by atoms with E-state index in [-0.39, 0.29) is 29.6 Å². The number of benzene rings is 1. The summed E-state index contributed by atoms with van der Waals surface area (Å²) in [4.78, 5) is 22.7. The zero-order chi connectivity index (χ0) is 22.1. The lowest BCUT2D eigenvalue weighted by Gasteiger charge is -2.11. The highest BCUT2D eigenvalue weighted by Crippen LogP contribution is 2.26. The van der Waals surface area contributed by atoms with Crippen LogP contribution in [0.2, 0.25) is 5.02 Å². The Kier molecular flexibility index (Phi) is 5.34. The Morgan fingerprint density at radius 3 is 2.81 bits per heavy atom. The Morgan fingerprint density at radius 1 is 1.26 bits per heavy atom. The lowest BCUT2D eigenvalue weighted by Crippen LogP contribution is -2.06. The van der Waals surface area contributed by atoms with Crippen LogP contribution in [0.3, 0.4) is 0 Å². The summed E-state index contributed by atoms with van der Waals surface area (Å²) in [6, 6.07) is 7.34. The van der Waals surface area contributed by atoms with Gasteiger partial charge in [-0.2, -0.15) is 0 Å². The maximum atomic E-state index is 14.6. The second-order valence-corrected chi connectivity index (χ2v) is 6.93. The van der Waals surface area contributed by atoms with E-state index in [1.807, 2.05) is 0 Å². The molecular formula is C19H15ClFN7O3. The second kappa shape index (κ2) is 8.11. The lowest BCUT2D eigenvalue weighted by molar-refractivity contribution is -0.391. The quantitative estimate of drug-likeness (QED) is 0.347. The van der Waals surface area contributed by atoms with Crippen LogP contribution in [0.1, 0.15) is 17.1 Å². The van der Waals surface area contributed by atoms with Gasteiger partial charge >= 0.3 is 5.82 Å². The van der Waals surface area contributed by atoms with E-state index < -0.39 is 10.7 Å². The van der Waals surface area contributed by atoms with E-state index in [9.17, 15) is 14.5 Å². The third-order valence-corrected chi connectivity index (χ3v) is 4.76. The SMILES string of the molecule is Cc1nc(C)c(Cl)c(NCc2ccc(Oc3ccc4ncc([N+](=O)[O-])n4n3)c(F)c2)n1. The van der Waals surface area contributed by atoms with Gasteiger partial charge in [0.25, 0.3) is 5.88 Å². The number of hydrogen-bond donors (Lipinski definition) is 1. The average Bonchev–Trinajstić information content (AvgIpc) is 3.15. The van der Waals surface area contributed by atoms with Crippen LogP contribution in [-0.2, 0) is 6.54 Å². The van der Waals surface area contributed by atoms with Crippen LogP contribution in [0.25, 0.3) is 5.65 Å². The van der Waals surface area contributed by atoms with E-state index in [2.05, 4.69) is 25.4 Å². The topological polar surface area (TPSA) is 120 Å². The molecule has 0 unspecified atom stereocenters. The number of nitrogens with one attached hydrogen (secondary N) is 1. The molecule has 0 fully saturated rings. The van der Waals surface area contributed by atoms with Crippen molar-refractivity contribution in [2.75, 3.05) is 5.32 Å². The molecule has 0 aliphatic heterocycles. The first-order valence-corrected chi connectivity index (χ1v) is 9.39. The number of hydrogen-bond acceptors (Lipinski definition) is 8. The summed E-state index contributed by atoms with van der Waals surface area (Å²) in [7, 11) is 0. The number of imidazole rings is 1. The van der Waals surface area contributed by atoms with Crippen LogP contribution in [0.15, 0.2) is 36.5 Å². The van der Waals surface area contributed by atoms with E-state index >= 15 is 0 Å². The van der Waals surface area contributed by atoms with Gasteiger partial charge in [-0.1, -0.05) is 22.2 Å². The molecule has 4 aromatic rings. The maximum absolute atomic E-state index is 14.6. The summed E-state index contributed by atoms with van der Waals surface area (Å²) in [5.41, 5.74) is 1.55. The molecule has 0 saturated heterocycles. The van der Waals surface area contributed by atoms with Crippen LogP contribution in [0.5, 0.6) is 11.6 Å². The van der Waals surface area contributed by atoms with E-state index in [4.69, 9.17) is 16.3 Å². The van der Waals surface area contributed by atoms with Crippen LogP contribution in [-0.4, -0.2) is 29.5 Å². The van der Waals surface area contributed by atoms with Gasteiger partial charge in [-0.25, -0.2) is 19.3 Å². The highest BCUT2D eigenvalue weighted by molar-refractivity contribution is 6.33. The van der Waals surface area contributed by atoms with Crippen LogP contribution < -0.4 is 10.1 Å². The van der Waals surface area contributed by atoms with Crippen molar-refractivity contribution in [3.63, 3.8) is 0 Å². The van der Waals surface area contributed by atoms with Gasteiger partial charge in [0.05, 0.1) is 5.69 Å². The molecule has 4 rings (SSSR count). The number of ether oxygens (including phenoxy) is 1. The van der Waals surface area contributed by atoms with Gasteiger partial charge in [0.2, 0.25) is 5.65 Å². The van der Waals surface area contributed by atoms with E-state index in [0.29, 0.717) is 27.9 Å². The van der Waals surface area contributed by atoms with Gasteiger partial charge in [-0.15, -0.1) is 0 Å². The molecule has 0 radical (unpaired) electrons. The number of fused-ring (bicyclic) bond motifs is 1. The first-order valence-electron chi connectivity index (χ1n) is 9.02. The molecule has 3 heterocycles. The van der Waals surface area contributed by atoms with Crippen LogP contribution >= 0.6 is 11.6 Å². The molecule has 0 aliphatic carbocycles. The molecule has 1 aromatic carbocycles. The zero-order valence-corrected chi connectivity index (χ0v) is 17.1. The fourth-order valence-electron chi connectivity index (χ4n) is 2.87. The molecule has 0 amide bonds. The second-order valence-electron chi connectivity index (χ2n) is 6.55. The molecule has 31 heavy (non-hydrogen) atoms. The number of nitrogens with zero attached hydrogens (tertiary/aromatic N) is 6. The van der Waals surface area contributed by atoms with Crippen LogP contribution in [0, 0.1) is 29.8 Å². The Hall–Kier alpha value is -3.86. The van der Waals surface area contributed by atoms with Crippen molar-refractivity contribution >= 4 is 28.9 Å². The minimum absolute atomic E-state index is 0.0166. The predicted octanol–water partition coefficient (Wildman–Crippen LogP) is 4.24. The van der Waals surface area contributed by atoms with E-state index in [1.165, 1.54) is 24.3 Å². The summed E-state index contributed by atoms with van der Waals surface area (Å²) in [5, 5.41) is 18.5. The fraction of sp³-hybridized carbons (Fsp3) is 0.158. The molecule has 10 nitrogen and oxygen atoms in total. The molecular weight excluding hydrogens is 429 g/mol. The van der Waals surface area contributed by atoms with Gasteiger partial charge < -0.3 is 20.2 Å². The van der Waals surface area contributed by atoms with E-state index in [1.54, 1.807) is 19.9 Å². The number of rotatable bonds is 6. The summed E-state index contributed by atoms with van der Waals surface area (Å²) in [5.74, 6) is -0.00496. The number of nitro groups is 1. The standard InChI is InChI=1S/C19H15ClFN7O3/c1-10-18(20)19(25-11(2)24-10)23-8-12-3-4-14(13(21)7-12)31-16-6-5-15-22-9-17(28(29)30)27(15)26-16/h3-7,9H,8H2,1-2H3,(H,23,24,25). The summed E-state index contributed by atoms with van der Waals surface area (Å²) >= 11 is 6.20. The summed E-state index contributed by atoms with van der Waals surface area (Å²) in [6.45, 7) is 3.81. The molecule has 0 spiro atoms. The highest BCUT2D eigenvalue weighted by atomic mass is 35.5.